The molecule has 0 saturated carbocycles. The highest BCUT2D eigenvalue weighted by Gasteiger charge is 2.13. The van der Waals surface area contributed by atoms with E-state index < -0.39 is 0 Å². The smallest absolute Gasteiger partial charge is 0.123 e. The molecule has 0 aliphatic rings. The molecule has 0 radical (unpaired) electrons. The van der Waals surface area contributed by atoms with E-state index in [9.17, 15) is 4.39 Å². The van der Waals surface area contributed by atoms with Gasteiger partial charge in [-0.3, -0.25) is 0 Å². The van der Waals surface area contributed by atoms with Crippen molar-refractivity contribution in [3.63, 3.8) is 0 Å². The van der Waals surface area contributed by atoms with Crippen LogP contribution in [0.4, 0.5) is 4.39 Å². The quantitative estimate of drug-likeness (QED) is 0.861. The zero-order chi connectivity index (χ0) is 13.7. The van der Waals surface area contributed by atoms with Crippen LogP contribution in [-0.4, -0.2) is 13.6 Å². The molecule has 2 heteroatoms. The molecule has 2 aromatic carbocycles. The first-order valence-electron chi connectivity index (χ1n) is 6.65. The molecule has 1 nitrogen and oxygen atoms in total. The highest BCUT2D eigenvalue weighted by atomic mass is 19.1. The van der Waals surface area contributed by atoms with Gasteiger partial charge in [0.2, 0.25) is 0 Å². The molecule has 0 heterocycles. The second-order valence-electron chi connectivity index (χ2n) is 4.94. The monoisotopic (exact) mass is 257 g/mol. The lowest BCUT2D eigenvalue weighted by molar-refractivity contribution is 0.614. The van der Waals surface area contributed by atoms with Crippen LogP contribution in [0.25, 0.3) is 0 Å². The maximum absolute atomic E-state index is 12.9. The fraction of sp³-hybridized carbons (Fsp3) is 0.294. The van der Waals surface area contributed by atoms with Crippen LogP contribution in [0.5, 0.6) is 0 Å². The summed E-state index contributed by atoms with van der Waals surface area (Å²) in [4.78, 5) is 0. The van der Waals surface area contributed by atoms with Crippen LogP contribution >= 0.6 is 0 Å². The summed E-state index contributed by atoms with van der Waals surface area (Å²) in [7, 11) is 1.97. The number of hydrogen-bond donors (Lipinski definition) is 1. The summed E-state index contributed by atoms with van der Waals surface area (Å²) in [5.41, 5.74) is 3.84. The predicted octanol–water partition coefficient (Wildman–Crippen LogP) is 3.68. The summed E-state index contributed by atoms with van der Waals surface area (Å²) in [5, 5.41) is 3.25. The molecule has 0 saturated heterocycles. The van der Waals surface area contributed by atoms with Gasteiger partial charge in [0.15, 0.2) is 0 Å². The molecule has 0 aromatic heterocycles. The van der Waals surface area contributed by atoms with Crippen molar-refractivity contribution in [3.05, 3.63) is 71.0 Å². The maximum Gasteiger partial charge on any atom is 0.123 e. The van der Waals surface area contributed by atoms with Crippen molar-refractivity contribution in [1.82, 2.24) is 5.32 Å². The van der Waals surface area contributed by atoms with Gasteiger partial charge in [-0.1, -0.05) is 36.4 Å². The van der Waals surface area contributed by atoms with E-state index in [1.807, 2.05) is 19.2 Å². The zero-order valence-corrected chi connectivity index (χ0v) is 11.5. The average Bonchev–Trinajstić information content (AvgIpc) is 2.41. The summed E-state index contributed by atoms with van der Waals surface area (Å²) in [6, 6.07) is 15.3. The summed E-state index contributed by atoms with van der Waals surface area (Å²) < 4.78 is 12.9. The molecule has 2 aromatic rings. The van der Waals surface area contributed by atoms with E-state index in [4.69, 9.17) is 0 Å². The third-order valence-corrected chi connectivity index (χ3v) is 3.47. The molecule has 0 aliphatic carbocycles. The third kappa shape index (κ3) is 3.65. The minimum atomic E-state index is -0.176. The van der Waals surface area contributed by atoms with E-state index in [0.29, 0.717) is 5.92 Å². The van der Waals surface area contributed by atoms with Gasteiger partial charge in [-0.25, -0.2) is 4.39 Å². The van der Waals surface area contributed by atoms with Gasteiger partial charge in [-0.15, -0.1) is 0 Å². The van der Waals surface area contributed by atoms with Crippen LogP contribution in [0.2, 0.25) is 0 Å². The SMILES string of the molecule is CNCC(Cc1ccc(F)cc1)c1ccccc1C. The predicted molar refractivity (Wildman–Crippen MR) is 78.0 cm³/mol. The number of nitrogens with one attached hydrogen (secondary N) is 1. The first kappa shape index (κ1) is 13.8. The fourth-order valence-electron chi connectivity index (χ4n) is 2.49. The number of halogens is 1. The molecular weight excluding hydrogens is 237 g/mol. The van der Waals surface area contributed by atoms with Gasteiger partial charge in [0.25, 0.3) is 0 Å². The van der Waals surface area contributed by atoms with Crippen LogP contribution in [0.3, 0.4) is 0 Å². The fourth-order valence-corrected chi connectivity index (χ4v) is 2.49. The van der Waals surface area contributed by atoms with E-state index in [2.05, 4.69) is 36.5 Å². The van der Waals surface area contributed by atoms with Crippen LogP contribution in [-0.2, 0) is 6.42 Å². The van der Waals surface area contributed by atoms with Crippen molar-refractivity contribution in [2.75, 3.05) is 13.6 Å². The molecule has 0 fully saturated rings. The Labute approximate surface area is 114 Å². The largest absolute Gasteiger partial charge is 0.319 e. The topological polar surface area (TPSA) is 12.0 Å². The highest BCUT2D eigenvalue weighted by molar-refractivity contribution is 5.31. The minimum absolute atomic E-state index is 0.176. The molecule has 0 aliphatic heterocycles. The lowest BCUT2D eigenvalue weighted by atomic mass is 9.89. The maximum atomic E-state index is 12.9. The van der Waals surface area contributed by atoms with E-state index in [0.717, 1.165) is 13.0 Å². The first-order valence-corrected chi connectivity index (χ1v) is 6.65. The van der Waals surface area contributed by atoms with Gasteiger partial charge < -0.3 is 5.32 Å². The summed E-state index contributed by atoms with van der Waals surface area (Å²) in [5.74, 6) is 0.237. The third-order valence-electron chi connectivity index (χ3n) is 3.47. The summed E-state index contributed by atoms with van der Waals surface area (Å²) in [6.07, 6.45) is 0.923. The highest BCUT2D eigenvalue weighted by Crippen LogP contribution is 2.23. The molecule has 1 atom stereocenters. The zero-order valence-electron chi connectivity index (χ0n) is 11.5. The molecule has 2 rings (SSSR count). The van der Waals surface area contributed by atoms with Crippen LogP contribution < -0.4 is 5.32 Å². The van der Waals surface area contributed by atoms with Crippen molar-refractivity contribution in [3.8, 4) is 0 Å². The summed E-state index contributed by atoms with van der Waals surface area (Å²) >= 11 is 0. The second-order valence-corrected chi connectivity index (χ2v) is 4.94. The number of hydrogen-bond acceptors (Lipinski definition) is 1. The Balaban J connectivity index is 2.21. The molecule has 0 amide bonds. The van der Waals surface area contributed by atoms with Crippen molar-refractivity contribution < 1.29 is 4.39 Å². The van der Waals surface area contributed by atoms with Crippen LogP contribution in [0, 0.1) is 12.7 Å². The van der Waals surface area contributed by atoms with E-state index in [1.165, 1.54) is 28.8 Å². The summed E-state index contributed by atoms with van der Waals surface area (Å²) in [6.45, 7) is 3.06. The molecule has 1 unspecified atom stereocenters. The molecule has 19 heavy (non-hydrogen) atoms. The molecule has 0 spiro atoms. The molecule has 100 valence electrons. The Morgan fingerprint density at radius 3 is 2.37 bits per heavy atom. The normalized spacial score (nSPS) is 12.4. The first-order chi connectivity index (χ1) is 9.20. The number of rotatable bonds is 5. The van der Waals surface area contributed by atoms with Crippen LogP contribution in [0.1, 0.15) is 22.6 Å². The van der Waals surface area contributed by atoms with Crippen molar-refractivity contribution in [1.29, 1.82) is 0 Å². The Morgan fingerprint density at radius 2 is 1.74 bits per heavy atom. The average molecular weight is 257 g/mol. The number of aryl methyl sites for hydroxylation is 1. The van der Waals surface area contributed by atoms with E-state index >= 15 is 0 Å². The van der Waals surface area contributed by atoms with Gasteiger partial charge in [-0.2, -0.15) is 0 Å². The Hall–Kier alpha value is -1.67. The molecular formula is C17H20FN. The van der Waals surface area contributed by atoms with Gasteiger partial charge in [0.1, 0.15) is 5.82 Å². The lowest BCUT2D eigenvalue weighted by Crippen LogP contribution is -2.20. The van der Waals surface area contributed by atoms with E-state index in [1.54, 1.807) is 0 Å². The van der Waals surface area contributed by atoms with Gasteiger partial charge in [0.05, 0.1) is 0 Å². The minimum Gasteiger partial charge on any atom is -0.319 e. The lowest BCUT2D eigenvalue weighted by Gasteiger charge is -2.19. The molecule has 0 bridgehead atoms. The van der Waals surface area contributed by atoms with Gasteiger partial charge in [0, 0.05) is 12.5 Å². The van der Waals surface area contributed by atoms with Crippen molar-refractivity contribution in [2.45, 2.75) is 19.3 Å². The standard InChI is InChI=1S/C17H20FN/c1-13-5-3-4-6-17(13)15(12-19-2)11-14-7-9-16(18)10-8-14/h3-10,15,19H,11-12H2,1-2H3. The molecule has 1 N–H and O–H groups in total. The van der Waals surface area contributed by atoms with Crippen molar-refractivity contribution in [2.24, 2.45) is 0 Å². The Morgan fingerprint density at radius 1 is 1.05 bits per heavy atom. The van der Waals surface area contributed by atoms with E-state index in [-0.39, 0.29) is 5.82 Å². The Kier molecular flexibility index (Phi) is 4.69. The van der Waals surface area contributed by atoms with Gasteiger partial charge in [-0.05, 0) is 49.2 Å². The Bertz CT molecular complexity index is 519. The second kappa shape index (κ2) is 6.48. The van der Waals surface area contributed by atoms with Gasteiger partial charge >= 0.3 is 0 Å². The van der Waals surface area contributed by atoms with Crippen LogP contribution in [0.15, 0.2) is 48.5 Å². The number of benzene rings is 2. The number of likely N-dealkylation sites (N-methyl/N-ethyl adjacent to an activating group) is 1. The van der Waals surface area contributed by atoms with Crippen molar-refractivity contribution >= 4 is 0 Å².